The lowest BCUT2D eigenvalue weighted by molar-refractivity contribution is -0.124. The molecule has 24 heavy (non-hydrogen) atoms. The molecule has 4 rings (SSSR count). The Balaban J connectivity index is 1.50. The quantitative estimate of drug-likeness (QED) is 0.828. The Bertz CT molecular complexity index is 469. The van der Waals surface area contributed by atoms with Gasteiger partial charge in [0.25, 0.3) is 0 Å². The molecular weight excluding hydrogens is 298 g/mol. The molecular formula is C21H37NO2. The molecule has 138 valence electrons. The number of hydrogen-bond donors (Lipinski definition) is 2. The van der Waals surface area contributed by atoms with Gasteiger partial charge in [0.15, 0.2) is 0 Å². The molecule has 4 aliphatic carbocycles. The summed E-state index contributed by atoms with van der Waals surface area (Å²) in [6, 6.07) is 0. The van der Waals surface area contributed by atoms with E-state index in [1.165, 1.54) is 44.9 Å². The Hall–Kier alpha value is -0.120. The molecule has 3 nitrogen and oxygen atoms in total. The third kappa shape index (κ3) is 2.57. The van der Waals surface area contributed by atoms with Gasteiger partial charge in [-0.05, 0) is 105 Å². The zero-order valence-corrected chi connectivity index (χ0v) is 15.7. The van der Waals surface area contributed by atoms with Crippen molar-refractivity contribution >= 4 is 0 Å². The average Bonchev–Trinajstić information content (AvgIpc) is 2.90. The molecule has 0 bridgehead atoms. The van der Waals surface area contributed by atoms with E-state index in [1.807, 2.05) is 0 Å². The van der Waals surface area contributed by atoms with Crippen LogP contribution in [-0.4, -0.2) is 31.0 Å². The van der Waals surface area contributed by atoms with Gasteiger partial charge in [-0.2, -0.15) is 0 Å². The van der Waals surface area contributed by atoms with Crippen LogP contribution in [0.2, 0.25) is 0 Å². The van der Waals surface area contributed by atoms with Crippen molar-refractivity contribution in [2.75, 3.05) is 20.3 Å². The third-order valence-electron chi connectivity index (χ3n) is 9.00. The summed E-state index contributed by atoms with van der Waals surface area (Å²) >= 11 is 0. The fourth-order valence-electron chi connectivity index (χ4n) is 7.86. The number of aliphatic hydroxyl groups is 1. The molecule has 0 aromatic heterocycles. The standard InChI is InChI=1S/C21H37NO2/c1-20-9-7-17-16-8-10-21(23,13-24-2)11-14(16)3-5-18(17)19(20)6-4-15(20)12-22/h14-19,23H,3-13,22H2,1-2H3/t14-,15-,16+,17-,18-,19+,20-,21-/m1/s1. The van der Waals surface area contributed by atoms with Gasteiger partial charge in [-0.1, -0.05) is 6.92 Å². The van der Waals surface area contributed by atoms with Crippen molar-refractivity contribution in [3.63, 3.8) is 0 Å². The topological polar surface area (TPSA) is 55.5 Å². The van der Waals surface area contributed by atoms with Crippen LogP contribution in [-0.2, 0) is 4.74 Å². The lowest BCUT2D eigenvalue weighted by atomic mass is 9.49. The zero-order chi connectivity index (χ0) is 16.9. The smallest absolute Gasteiger partial charge is 0.0882 e. The van der Waals surface area contributed by atoms with Crippen molar-refractivity contribution < 1.29 is 9.84 Å². The Kier molecular flexibility index (Phi) is 4.50. The number of hydrogen-bond acceptors (Lipinski definition) is 3. The first-order chi connectivity index (χ1) is 11.5. The molecule has 0 spiro atoms. The van der Waals surface area contributed by atoms with Crippen molar-refractivity contribution in [1.29, 1.82) is 0 Å². The van der Waals surface area contributed by atoms with Crippen LogP contribution in [0.5, 0.6) is 0 Å². The van der Waals surface area contributed by atoms with Gasteiger partial charge in [0, 0.05) is 7.11 Å². The van der Waals surface area contributed by atoms with E-state index in [0.717, 1.165) is 54.9 Å². The van der Waals surface area contributed by atoms with Crippen molar-refractivity contribution in [3.8, 4) is 0 Å². The summed E-state index contributed by atoms with van der Waals surface area (Å²) in [5.41, 5.74) is 6.09. The van der Waals surface area contributed by atoms with Gasteiger partial charge in [0.05, 0.1) is 12.2 Å². The SMILES string of the molecule is COC[C@@]1(O)CC[C@H]2[C@H](CC[C@@H]3[C@@H]2CC[C@]2(C)[C@@H](CN)CC[C@@H]32)C1. The van der Waals surface area contributed by atoms with Gasteiger partial charge >= 0.3 is 0 Å². The summed E-state index contributed by atoms with van der Waals surface area (Å²) in [4.78, 5) is 0. The van der Waals surface area contributed by atoms with E-state index in [2.05, 4.69) is 6.92 Å². The molecule has 8 atom stereocenters. The van der Waals surface area contributed by atoms with Gasteiger partial charge in [-0.15, -0.1) is 0 Å². The molecule has 4 saturated carbocycles. The van der Waals surface area contributed by atoms with Gasteiger partial charge in [0.2, 0.25) is 0 Å². The average molecular weight is 336 g/mol. The largest absolute Gasteiger partial charge is 0.387 e. The van der Waals surface area contributed by atoms with Crippen molar-refractivity contribution in [2.24, 2.45) is 46.7 Å². The molecule has 0 radical (unpaired) electrons. The predicted octanol–water partition coefficient (Wildman–Crippen LogP) is 3.59. The van der Waals surface area contributed by atoms with E-state index < -0.39 is 5.60 Å². The maximum Gasteiger partial charge on any atom is 0.0882 e. The maximum absolute atomic E-state index is 10.8. The zero-order valence-electron chi connectivity index (χ0n) is 15.7. The van der Waals surface area contributed by atoms with Gasteiger partial charge in [-0.25, -0.2) is 0 Å². The number of fused-ring (bicyclic) bond motifs is 5. The summed E-state index contributed by atoms with van der Waals surface area (Å²) in [7, 11) is 1.72. The molecule has 3 heteroatoms. The van der Waals surface area contributed by atoms with Crippen molar-refractivity contribution in [3.05, 3.63) is 0 Å². The molecule has 0 heterocycles. The predicted molar refractivity (Wildman–Crippen MR) is 96.5 cm³/mol. The van der Waals surface area contributed by atoms with Crippen LogP contribution in [0.3, 0.4) is 0 Å². The van der Waals surface area contributed by atoms with Crippen LogP contribution < -0.4 is 5.73 Å². The first kappa shape index (κ1) is 17.3. The lowest BCUT2D eigenvalue weighted by Gasteiger charge is -2.57. The molecule has 0 aliphatic heterocycles. The van der Waals surface area contributed by atoms with E-state index in [-0.39, 0.29) is 0 Å². The maximum atomic E-state index is 10.8. The highest BCUT2D eigenvalue weighted by Crippen LogP contribution is 2.64. The van der Waals surface area contributed by atoms with E-state index in [0.29, 0.717) is 12.0 Å². The van der Waals surface area contributed by atoms with E-state index in [4.69, 9.17) is 10.5 Å². The number of ether oxygens (including phenoxy) is 1. The van der Waals surface area contributed by atoms with E-state index in [1.54, 1.807) is 7.11 Å². The molecule has 0 aromatic rings. The number of rotatable bonds is 3. The minimum absolute atomic E-state index is 0.517. The Labute approximate surface area is 147 Å². The summed E-state index contributed by atoms with van der Waals surface area (Å²) in [5, 5.41) is 10.8. The van der Waals surface area contributed by atoms with Crippen molar-refractivity contribution in [2.45, 2.75) is 70.3 Å². The van der Waals surface area contributed by atoms with Gasteiger partial charge in [-0.3, -0.25) is 0 Å². The molecule has 0 unspecified atom stereocenters. The minimum atomic E-state index is -0.552. The second-order valence-electron chi connectivity index (χ2n) is 9.89. The Morgan fingerprint density at radius 2 is 1.79 bits per heavy atom. The monoisotopic (exact) mass is 335 g/mol. The summed E-state index contributed by atoms with van der Waals surface area (Å²) in [5.74, 6) is 5.14. The molecule has 4 fully saturated rings. The van der Waals surface area contributed by atoms with Crippen LogP contribution in [0.1, 0.15) is 64.7 Å². The van der Waals surface area contributed by atoms with Gasteiger partial charge < -0.3 is 15.6 Å². The molecule has 0 aromatic carbocycles. The Morgan fingerprint density at radius 1 is 1.00 bits per heavy atom. The summed E-state index contributed by atoms with van der Waals surface area (Å²) in [6.07, 6.45) is 11.5. The minimum Gasteiger partial charge on any atom is -0.387 e. The highest BCUT2D eigenvalue weighted by atomic mass is 16.5. The lowest BCUT2D eigenvalue weighted by Crippen LogP contribution is -2.52. The fraction of sp³-hybridized carbons (Fsp3) is 1.00. The Morgan fingerprint density at radius 3 is 2.54 bits per heavy atom. The second-order valence-corrected chi connectivity index (χ2v) is 9.89. The highest BCUT2D eigenvalue weighted by Gasteiger charge is 2.57. The molecule has 0 saturated heterocycles. The van der Waals surface area contributed by atoms with Crippen LogP contribution in [0.15, 0.2) is 0 Å². The van der Waals surface area contributed by atoms with E-state index in [9.17, 15) is 5.11 Å². The third-order valence-corrected chi connectivity index (χ3v) is 9.00. The number of nitrogens with two attached hydrogens (primary N) is 1. The first-order valence-electron chi connectivity index (χ1n) is 10.4. The van der Waals surface area contributed by atoms with Crippen LogP contribution in [0.4, 0.5) is 0 Å². The van der Waals surface area contributed by atoms with Crippen LogP contribution in [0.25, 0.3) is 0 Å². The second kappa shape index (κ2) is 6.25. The van der Waals surface area contributed by atoms with Crippen LogP contribution >= 0.6 is 0 Å². The van der Waals surface area contributed by atoms with Crippen LogP contribution in [0, 0.1) is 40.9 Å². The molecule has 4 aliphatic rings. The highest BCUT2D eigenvalue weighted by molar-refractivity contribution is 5.07. The molecule has 0 amide bonds. The fourth-order valence-corrected chi connectivity index (χ4v) is 7.86. The molecule has 3 N–H and O–H groups in total. The van der Waals surface area contributed by atoms with Crippen molar-refractivity contribution in [1.82, 2.24) is 0 Å². The summed E-state index contributed by atoms with van der Waals surface area (Å²) in [6.45, 7) is 3.96. The van der Waals surface area contributed by atoms with E-state index >= 15 is 0 Å². The first-order valence-corrected chi connectivity index (χ1v) is 10.4. The normalized spacial score (nSPS) is 54.0. The number of methoxy groups -OCH3 is 1. The summed E-state index contributed by atoms with van der Waals surface area (Å²) < 4.78 is 5.30. The van der Waals surface area contributed by atoms with Gasteiger partial charge in [0.1, 0.15) is 0 Å².